The van der Waals surface area contributed by atoms with E-state index in [1.165, 1.54) is 4.90 Å². The lowest BCUT2D eigenvalue weighted by Gasteiger charge is -2.15. The topological polar surface area (TPSA) is 57.6 Å². The third-order valence-electron chi connectivity index (χ3n) is 2.49. The fraction of sp³-hybridized carbons (Fsp3) is 0.778. The van der Waals surface area contributed by atoms with E-state index in [2.05, 4.69) is 0 Å². The number of likely N-dealkylation sites (tertiary alicyclic amines) is 1. The van der Waals surface area contributed by atoms with Crippen molar-refractivity contribution in [1.29, 1.82) is 0 Å². The molecular weight excluding hydrogens is 208 g/mol. The minimum atomic E-state index is -2.40. The molecular formula is C9H13F2NO3. The lowest BCUT2D eigenvalue weighted by Crippen LogP contribution is -2.29. The summed E-state index contributed by atoms with van der Waals surface area (Å²) in [5.41, 5.74) is 0. The normalized spacial score (nSPS) is 21.0. The highest BCUT2D eigenvalue weighted by Gasteiger charge is 2.31. The molecule has 0 radical (unpaired) electrons. The highest BCUT2D eigenvalue weighted by Crippen LogP contribution is 2.23. The van der Waals surface area contributed by atoms with Gasteiger partial charge in [0.1, 0.15) is 0 Å². The molecule has 0 aromatic rings. The Bertz CT molecular complexity index is 258. The van der Waals surface area contributed by atoms with Gasteiger partial charge in [0.15, 0.2) is 0 Å². The van der Waals surface area contributed by atoms with Crippen molar-refractivity contribution in [3.8, 4) is 0 Å². The van der Waals surface area contributed by atoms with Gasteiger partial charge < -0.3 is 10.0 Å². The first kappa shape index (κ1) is 11.9. The Labute approximate surface area is 85.9 Å². The second-order valence-electron chi connectivity index (χ2n) is 3.62. The lowest BCUT2D eigenvalue weighted by atomic mass is 10.1. The van der Waals surface area contributed by atoms with Crippen molar-refractivity contribution in [2.45, 2.75) is 25.7 Å². The zero-order chi connectivity index (χ0) is 11.4. The predicted octanol–water partition coefficient (Wildman–Crippen LogP) is 0.965. The highest BCUT2D eigenvalue weighted by atomic mass is 19.3. The van der Waals surface area contributed by atoms with Crippen molar-refractivity contribution < 1.29 is 23.5 Å². The molecule has 1 saturated heterocycles. The summed E-state index contributed by atoms with van der Waals surface area (Å²) >= 11 is 0. The van der Waals surface area contributed by atoms with Crippen LogP contribution in [-0.2, 0) is 9.59 Å². The molecule has 0 aliphatic carbocycles. The molecule has 15 heavy (non-hydrogen) atoms. The average molecular weight is 221 g/mol. The number of rotatable bonds is 4. The molecule has 0 unspecified atom stereocenters. The summed E-state index contributed by atoms with van der Waals surface area (Å²) in [6.07, 6.45) is -2.45. The van der Waals surface area contributed by atoms with E-state index in [1.54, 1.807) is 0 Å². The molecule has 86 valence electrons. The highest BCUT2D eigenvalue weighted by molar-refractivity contribution is 5.80. The van der Waals surface area contributed by atoms with Crippen molar-refractivity contribution in [2.75, 3.05) is 13.1 Å². The first-order chi connectivity index (χ1) is 7.00. The molecule has 1 N–H and O–H groups in total. The number of carbonyl (C=O) groups is 2. The minimum Gasteiger partial charge on any atom is -0.481 e. The van der Waals surface area contributed by atoms with Gasteiger partial charge in [-0.1, -0.05) is 0 Å². The fourth-order valence-corrected chi connectivity index (χ4v) is 1.59. The van der Waals surface area contributed by atoms with Gasteiger partial charge in [-0.3, -0.25) is 9.59 Å². The lowest BCUT2D eigenvalue weighted by molar-refractivity contribution is -0.140. The van der Waals surface area contributed by atoms with E-state index < -0.39 is 18.3 Å². The fourth-order valence-electron chi connectivity index (χ4n) is 1.59. The molecule has 0 spiro atoms. The number of hydrogen-bond acceptors (Lipinski definition) is 2. The van der Waals surface area contributed by atoms with E-state index in [1.807, 2.05) is 0 Å². The van der Waals surface area contributed by atoms with Gasteiger partial charge >= 0.3 is 5.97 Å². The van der Waals surface area contributed by atoms with Crippen LogP contribution in [0.3, 0.4) is 0 Å². The maximum atomic E-state index is 12.3. The zero-order valence-electron chi connectivity index (χ0n) is 8.16. The van der Waals surface area contributed by atoms with Crippen LogP contribution in [0.2, 0.25) is 0 Å². The number of aliphatic carboxylic acids is 1. The molecule has 1 rings (SSSR count). The summed E-state index contributed by atoms with van der Waals surface area (Å²) in [5, 5.41) is 8.35. The summed E-state index contributed by atoms with van der Waals surface area (Å²) in [6.45, 7) is 0.365. The molecule has 0 saturated carbocycles. The van der Waals surface area contributed by atoms with E-state index in [0.29, 0.717) is 13.0 Å². The standard InChI is InChI=1S/C9H13F2NO3/c10-9(11)6-3-4-12(5-6)7(13)1-2-8(14)15/h6,9H,1-5H2,(H,14,15)/t6-/m1/s1. The number of carboxylic acid groups (broad SMARTS) is 1. The number of nitrogens with zero attached hydrogens (tertiary/aromatic N) is 1. The van der Waals surface area contributed by atoms with Crippen molar-refractivity contribution in [1.82, 2.24) is 4.90 Å². The molecule has 1 aliphatic rings. The molecule has 1 amide bonds. The van der Waals surface area contributed by atoms with Gasteiger partial charge in [0.25, 0.3) is 0 Å². The molecule has 1 aliphatic heterocycles. The van der Waals surface area contributed by atoms with E-state index in [0.717, 1.165) is 0 Å². The van der Waals surface area contributed by atoms with Crippen molar-refractivity contribution in [3.05, 3.63) is 0 Å². The van der Waals surface area contributed by atoms with Crippen LogP contribution in [0.1, 0.15) is 19.3 Å². The van der Waals surface area contributed by atoms with Gasteiger partial charge in [0, 0.05) is 25.4 Å². The summed E-state index contributed by atoms with van der Waals surface area (Å²) in [4.78, 5) is 22.9. The second-order valence-corrected chi connectivity index (χ2v) is 3.62. The zero-order valence-corrected chi connectivity index (χ0v) is 8.16. The van der Waals surface area contributed by atoms with Gasteiger partial charge in [0.2, 0.25) is 12.3 Å². The van der Waals surface area contributed by atoms with Gasteiger partial charge in [-0.15, -0.1) is 0 Å². The average Bonchev–Trinajstić information content (AvgIpc) is 2.62. The quantitative estimate of drug-likeness (QED) is 0.769. The van der Waals surface area contributed by atoms with Gasteiger partial charge in [0.05, 0.1) is 6.42 Å². The molecule has 4 nitrogen and oxygen atoms in total. The Kier molecular flexibility index (Phi) is 3.99. The van der Waals surface area contributed by atoms with E-state index in [9.17, 15) is 18.4 Å². The molecule has 6 heteroatoms. The van der Waals surface area contributed by atoms with Crippen LogP contribution in [0.25, 0.3) is 0 Å². The molecule has 0 aromatic heterocycles. The summed E-state index contributed by atoms with van der Waals surface area (Å²) in [5.74, 6) is -2.15. The molecule has 0 aromatic carbocycles. The Morgan fingerprint density at radius 1 is 1.40 bits per heavy atom. The van der Waals surface area contributed by atoms with Crippen molar-refractivity contribution in [2.24, 2.45) is 5.92 Å². The van der Waals surface area contributed by atoms with Crippen LogP contribution in [-0.4, -0.2) is 41.4 Å². The summed E-state index contributed by atoms with van der Waals surface area (Å²) < 4.78 is 24.5. The van der Waals surface area contributed by atoms with Gasteiger partial charge in [-0.2, -0.15) is 0 Å². The van der Waals surface area contributed by atoms with Crippen molar-refractivity contribution >= 4 is 11.9 Å². The Morgan fingerprint density at radius 2 is 2.07 bits per heavy atom. The van der Waals surface area contributed by atoms with Gasteiger partial charge in [-0.05, 0) is 6.42 Å². The third-order valence-corrected chi connectivity index (χ3v) is 2.49. The maximum absolute atomic E-state index is 12.3. The van der Waals surface area contributed by atoms with E-state index in [4.69, 9.17) is 5.11 Å². The number of halogens is 2. The first-order valence-electron chi connectivity index (χ1n) is 4.78. The van der Waals surface area contributed by atoms with Crippen LogP contribution >= 0.6 is 0 Å². The Balaban J connectivity index is 2.33. The number of carbonyl (C=O) groups excluding carboxylic acids is 1. The molecule has 0 bridgehead atoms. The van der Waals surface area contributed by atoms with Crippen LogP contribution in [0.5, 0.6) is 0 Å². The van der Waals surface area contributed by atoms with Gasteiger partial charge in [-0.25, -0.2) is 8.78 Å². The largest absolute Gasteiger partial charge is 0.481 e. The van der Waals surface area contributed by atoms with Crippen LogP contribution < -0.4 is 0 Å². The summed E-state index contributed by atoms with van der Waals surface area (Å²) in [7, 11) is 0. The van der Waals surface area contributed by atoms with E-state index >= 15 is 0 Å². The molecule has 1 atom stereocenters. The SMILES string of the molecule is O=C(O)CCC(=O)N1CC[C@@H](C(F)F)C1. The second kappa shape index (κ2) is 5.04. The predicted molar refractivity (Wildman–Crippen MR) is 47.6 cm³/mol. The molecule has 1 heterocycles. The minimum absolute atomic E-state index is 0.0517. The number of alkyl halides is 2. The Morgan fingerprint density at radius 3 is 2.53 bits per heavy atom. The van der Waals surface area contributed by atoms with Crippen molar-refractivity contribution in [3.63, 3.8) is 0 Å². The van der Waals surface area contributed by atoms with E-state index in [-0.39, 0.29) is 25.3 Å². The maximum Gasteiger partial charge on any atom is 0.303 e. The summed E-state index contributed by atoms with van der Waals surface area (Å²) in [6, 6.07) is 0. The monoisotopic (exact) mass is 221 g/mol. The Hall–Kier alpha value is -1.20. The number of amides is 1. The van der Waals surface area contributed by atoms with Crippen LogP contribution in [0, 0.1) is 5.92 Å². The number of carboxylic acids is 1. The van der Waals surface area contributed by atoms with Crippen LogP contribution in [0.15, 0.2) is 0 Å². The molecule has 1 fully saturated rings. The van der Waals surface area contributed by atoms with Crippen LogP contribution in [0.4, 0.5) is 8.78 Å². The number of hydrogen-bond donors (Lipinski definition) is 1. The third kappa shape index (κ3) is 3.45. The first-order valence-corrected chi connectivity index (χ1v) is 4.78. The smallest absolute Gasteiger partial charge is 0.303 e.